The molecule has 0 heterocycles. The average molecular weight is 725 g/mol. The smallest absolute Gasteiger partial charge is 0.744 e. The Morgan fingerprint density at radius 2 is 1.06 bits per heavy atom. The fourth-order valence-electron chi connectivity index (χ4n) is 5.30. The second-order valence-electron chi connectivity index (χ2n) is 10.8. The van der Waals surface area contributed by atoms with E-state index in [9.17, 15) is 18.2 Å². The van der Waals surface area contributed by atoms with Crippen LogP contribution < -0.4 is 75.8 Å². The van der Waals surface area contributed by atoms with Crippen molar-refractivity contribution in [2.45, 2.75) is 23.6 Å². The number of azo groups is 2. The van der Waals surface area contributed by atoms with E-state index >= 15 is 0 Å². The summed E-state index contributed by atoms with van der Waals surface area (Å²) in [6, 6.07) is 28.1. The van der Waals surface area contributed by atoms with Gasteiger partial charge in [-0.1, -0.05) is 60.7 Å². The van der Waals surface area contributed by atoms with Crippen molar-refractivity contribution in [1.82, 2.24) is 0 Å². The molecule has 6 aromatic rings. The first-order chi connectivity index (χ1) is 23.0. The fourth-order valence-corrected chi connectivity index (χ4v) is 6.53. The van der Waals surface area contributed by atoms with Crippen LogP contribution >= 0.6 is 12.0 Å². The van der Waals surface area contributed by atoms with Crippen molar-refractivity contribution in [1.29, 1.82) is 0 Å². The number of hydrogen-bond donors (Lipinski definition) is 2. The third-order valence-corrected chi connectivity index (χ3v) is 9.25. The van der Waals surface area contributed by atoms with Crippen LogP contribution in [0.1, 0.15) is 11.1 Å². The third kappa shape index (κ3) is 8.45. The van der Waals surface area contributed by atoms with E-state index in [1.807, 2.05) is 68.4 Å². The molecule has 50 heavy (non-hydrogen) atoms. The molecule has 242 valence electrons. The van der Waals surface area contributed by atoms with Crippen LogP contribution in [0.5, 0.6) is 0 Å². The van der Waals surface area contributed by atoms with Crippen LogP contribution in [0, 0.1) is 13.8 Å². The van der Waals surface area contributed by atoms with E-state index in [0.29, 0.717) is 33.0 Å². The van der Waals surface area contributed by atoms with Crippen molar-refractivity contribution in [2.24, 2.45) is 20.5 Å². The topological polar surface area (TPSA) is 200 Å². The van der Waals surface area contributed by atoms with E-state index < -0.39 is 15.0 Å². The zero-order chi connectivity index (χ0) is 34.0. The molecule has 0 aliphatic rings. The van der Waals surface area contributed by atoms with Gasteiger partial charge < -0.3 is 21.3 Å². The van der Waals surface area contributed by atoms with Crippen LogP contribution in [0.2, 0.25) is 0 Å². The van der Waals surface area contributed by atoms with E-state index in [1.165, 1.54) is 6.07 Å². The van der Waals surface area contributed by atoms with Crippen LogP contribution in [0.3, 0.4) is 0 Å². The Morgan fingerprint density at radius 3 is 1.54 bits per heavy atom. The van der Waals surface area contributed by atoms with Crippen molar-refractivity contribution in [3.63, 3.8) is 0 Å². The largest absolute Gasteiger partial charge is 1.00 e. The summed E-state index contributed by atoms with van der Waals surface area (Å²) < 4.78 is 40.4. The first-order valence-corrected chi connectivity index (χ1v) is 16.5. The molecule has 0 aromatic heterocycles. The fraction of sp³-hybridized carbons (Fsp3) is 0.0588. The molecule has 12 nitrogen and oxygen atoms in total. The second-order valence-corrected chi connectivity index (χ2v) is 12.9. The molecule has 0 aliphatic carbocycles. The van der Waals surface area contributed by atoms with E-state index in [-0.39, 0.29) is 75.9 Å². The monoisotopic (exact) mass is 724 g/mol. The van der Waals surface area contributed by atoms with Gasteiger partial charge in [0.25, 0.3) is 0 Å². The summed E-state index contributed by atoms with van der Waals surface area (Å²) in [5.41, 5.74) is 18.5. The minimum Gasteiger partial charge on any atom is -0.744 e. The Morgan fingerprint density at radius 1 is 0.620 bits per heavy atom. The van der Waals surface area contributed by atoms with Gasteiger partial charge in [0.2, 0.25) is 0 Å². The number of aryl methyl sites for hydroxylation is 2. The van der Waals surface area contributed by atoms with Gasteiger partial charge in [-0.05, 0) is 77.9 Å². The molecular formula is C34H26N6Na2O6S2. The van der Waals surface area contributed by atoms with Crippen molar-refractivity contribution in [3.8, 4) is 11.1 Å². The molecule has 0 saturated heterocycles. The van der Waals surface area contributed by atoms with Gasteiger partial charge in [0.1, 0.15) is 21.5 Å². The van der Waals surface area contributed by atoms with Gasteiger partial charge in [-0.25, -0.2) is 8.42 Å². The Bertz CT molecular complexity index is 2390. The molecule has 0 spiro atoms. The van der Waals surface area contributed by atoms with Crippen LogP contribution in [-0.4, -0.2) is 13.0 Å². The molecule has 0 fully saturated rings. The van der Waals surface area contributed by atoms with Gasteiger partial charge in [-0.3, -0.25) is 5.04 Å². The summed E-state index contributed by atoms with van der Waals surface area (Å²) in [5.74, 6) is 0. The van der Waals surface area contributed by atoms with Crippen LogP contribution in [0.4, 0.5) is 34.1 Å². The minimum atomic E-state index is -4.78. The number of nitrogens with two attached hydrogens (primary N) is 2. The van der Waals surface area contributed by atoms with Crippen LogP contribution in [-0.2, 0) is 19.5 Å². The molecule has 0 radical (unpaired) electrons. The molecule has 0 unspecified atom stereocenters. The quantitative estimate of drug-likeness (QED) is 0.0427. The molecule has 0 amide bonds. The maximum absolute atomic E-state index is 12.0. The number of anilines is 2. The van der Waals surface area contributed by atoms with Gasteiger partial charge in [0, 0.05) is 21.1 Å². The predicted molar refractivity (Wildman–Crippen MR) is 182 cm³/mol. The Hall–Kier alpha value is -3.22. The van der Waals surface area contributed by atoms with Crippen molar-refractivity contribution in [3.05, 3.63) is 108 Å². The third-order valence-electron chi connectivity index (χ3n) is 7.73. The van der Waals surface area contributed by atoms with E-state index in [2.05, 4.69) is 29.8 Å². The standard InChI is InChI=1S/C34H28N6O6S2.2Na/c1-19-15-21(11-13-27(19)37-39-29-17-31(47-46-45-41)23-7-3-5-9-25(23)33(29)35)22-12-14-28(20(2)16-22)38-40-30-18-32(48(42,43)44)24-8-4-6-10-26(24)34(30)36;;/h3-18,41H,35-36H2,1-2H3,(H,42,43,44);;/q;2*+1/p-2. The first-order valence-electron chi connectivity index (χ1n) is 14.3. The summed E-state index contributed by atoms with van der Waals surface area (Å²) in [7, 11) is -4.78. The zero-order valence-corrected chi connectivity index (χ0v) is 33.1. The van der Waals surface area contributed by atoms with Gasteiger partial charge in [-0.2, -0.15) is 14.6 Å². The molecule has 0 saturated carbocycles. The molecule has 4 N–H and O–H groups in total. The molecule has 16 heteroatoms. The predicted octanol–water partition coefficient (Wildman–Crippen LogP) is 2.41. The summed E-state index contributed by atoms with van der Waals surface area (Å²) >= 11 is 0.760. The normalized spacial score (nSPS) is 11.7. The Kier molecular flexibility index (Phi) is 13.3. The van der Waals surface area contributed by atoms with E-state index in [1.54, 1.807) is 30.3 Å². The van der Waals surface area contributed by atoms with Crippen LogP contribution in [0.25, 0.3) is 32.7 Å². The number of hydrogen-bond acceptors (Lipinski definition) is 13. The number of benzene rings is 6. The summed E-state index contributed by atoms with van der Waals surface area (Å²) in [4.78, 5) is 0.188. The number of fused-ring (bicyclic) bond motifs is 2. The zero-order valence-electron chi connectivity index (χ0n) is 27.4. The van der Waals surface area contributed by atoms with Crippen molar-refractivity contribution >= 4 is 77.8 Å². The molecule has 0 bridgehead atoms. The minimum absolute atomic E-state index is 0. The van der Waals surface area contributed by atoms with E-state index in [0.717, 1.165) is 51.1 Å². The first kappa shape index (κ1) is 39.6. The molecular weight excluding hydrogens is 699 g/mol. The summed E-state index contributed by atoms with van der Waals surface area (Å²) in [6.07, 6.45) is 0. The number of nitrogen functional groups attached to an aromatic ring is 2. The van der Waals surface area contributed by atoms with Crippen molar-refractivity contribution < 1.29 is 86.7 Å². The Balaban J connectivity index is 0.00000281. The Labute approximate surface area is 336 Å². The molecule has 6 rings (SSSR count). The maximum Gasteiger partial charge on any atom is 1.00 e. The molecule has 0 atom stereocenters. The van der Waals surface area contributed by atoms with Gasteiger partial charge >= 0.3 is 59.1 Å². The van der Waals surface area contributed by atoms with Crippen molar-refractivity contribution in [2.75, 3.05) is 11.5 Å². The molecule has 0 aliphatic heterocycles. The SMILES string of the molecule is Cc1cc(-c2ccc(N=Nc3cc(S(=O)(=O)[O-])c4ccccc4c3N)c(C)c2)ccc1N=Nc1cc(SOO[O-])c2ccccc2c1N.[Na+].[Na+]. The summed E-state index contributed by atoms with van der Waals surface area (Å²) in [6.45, 7) is 3.79. The van der Waals surface area contributed by atoms with Gasteiger partial charge in [0.15, 0.2) is 0 Å². The van der Waals surface area contributed by atoms with E-state index in [4.69, 9.17) is 11.5 Å². The second kappa shape index (κ2) is 16.9. The van der Waals surface area contributed by atoms with Crippen LogP contribution in [0.15, 0.2) is 127 Å². The number of nitrogens with zero attached hydrogens (tertiary/aromatic N) is 4. The van der Waals surface area contributed by atoms with Gasteiger partial charge in [0.05, 0.1) is 39.7 Å². The average Bonchev–Trinajstić information content (AvgIpc) is 3.07. The van der Waals surface area contributed by atoms with Gasteiger partial charge in [-0.15, -0.1) is 10.2 Å². The summed E-state index contributed by atoms with van der Waals surface area (Å²) in [5, 5.41) is 33.5. The maximum atomic E-state index is 12.0. The number of rotatable bonds is 9. The molecule has 6 aromatic carbocycles.